The van der Waals surface area contributed by atoms with E-state index < -0.39 is 11.9 Å². The molecule has 98 valence electrons. The summed E-state index contributed by atoms with van der Waals surface area (Å²) in [4.78, 5) is 0. The number of nitrogens with two attached hydrogens (primary N) is 1. The minimum atomic E-state index is -4.41. The summed E-state index contributed by atoms with van der Waals surface area (Å²) in [5.74, 6) is 0. The van der Waals surface area contributed by atoms with Crippen molar-refractivity contribution >= 4 is 0 Å². The molecule has 0 fully saturated rings. The lowest BCUT2D eigenvalue weighted by molar-refractivity contribution is -0.141. The minimum Gasteiger partial charge on any atom is -0.326 e. The van der Waals surface area contributed by atoms with Crippen LogP contribution in [0.4, 0.5) is 13.2 Å². The molecule has 0 aliphatic carbocycles. The zero-order valence-corrected chi connectivity index (χ0v) is 10.4. The molecule has 0 aliphatic heterocycles. The second kappa shape index (κ2) is 4.33. The van der Waals surface area contributed by atoms with Gasteiger partial charge in [0.1, 0.15) is 0 Å². The molecule has 1 heterocycles. The number of hydrogen-bond donors (Lipinski definition) is 1. The summed E-state index contributed by atoms with van der Waals surface area (Å²) >= 11 is 0. The third kappa shape index (κ3) is 3.21. The van der Waals surface area contributed by atoms with Crippen molar-refractivity contribution in [2.75, 3.05) is 0 Å². The third-order valence-electron chi connectivity index (χ3n) is 2.57. The van der Waals surface area contributed by atoms with Crippen LogP contribution in [0.25, 0.3) is 0 Å². The molecule has 1 rings (SSSR count). The quantitative estimate of drug-likeness (QED) is 0.875. The SMILES string of the molecule is CC(N)C(n1ccc(C(F)(F)F)n1)C(C)(C)C. The molecule has 0 saturated carbocycles. The van der Waals surface area contributed by atoms with Gasteiger partial charge < -0.3 is 5.73 Å². The van der Waals surface area contributed by atoms with Gasteiger partial charge in [0.15, 0.2) is 5.69 Å². The summed E-state index contributed by atoms with van der Waals surface area (Å²) < 4.78 is 38.7. The molecule has 17 heavy (non-hydrogen) atoms. The Morgan fingerprint density at radius 3 is 2.12 bits per heavy atom. The van der Waals surface area contributed by atoms with Crippen LogP contribution in [0.15, 0.2) is 12.3 Å². The lowest BCUT2D eigenvalue weighted by Gasteiger charge is -2.33. The van der Waals surface area contributed by atoms with E-state index in [1.807, 2.05) is 20.8 Å². The molecule has 2 N–H and O–H groups in total. The Morgan fingerprint density at radius 1 is 1.29 bits per heavy atom. The highest BCUT2D eigenvalue weighted by atomic mass is 19.4. The van der Waals surface area contributed by atoms with Crippen LogP contribution in [0.5, 0.6) is 0 Å². The fraction of sp³-hybridized carbons (Fsp3) is 0.727. The summed E-state index contributed by atoms with van der Waals surface area (Å²) in [6.07, 6.45) is -3.08. The first-order chi connectivity index (χ1) is 7.53. The maximum Gasteiger partial charge on any atom is 0.435 e. The van der Waals surface area contributed by atoms with Gasteiger partial charge in [-0.3, -0.25) is 4.68 Å². The number of hydrogen-bond acceptors (Lipinski definition) is 2. The van der Waals surface area contributed by atoms with Crippen LogP contribution in [-0.4, -0.2) is 15.8 Å². The number of halogens is 3. The lowest BCUT2D eigenvalue weighted by Crippen LogP contribution is -2.38. The number of aromatic nitrogens is 2. The first-order valence-electron chi connectivity index (χ1n) is 5.41. The average molecular weight is 249 g/mol. The van der Waals surface area contributed by atoms with Crippen molar-refractivity contribution < 1.29 is 13.2 Å². The van der Waals surface area contributed by atoms with Gasteiger partial charge in [-0.05, 0) is 18.4 Å². The van der Waals surface area contributed by atoms with E-state index in [9.17, 15) is 13.2 Å². The summed E-state index contributed by atoms with van der Waals surface area (Å²) in [5, 5.41) is 3.58. The normalized spacial score (nSPS) is 16.9. The van der Waals surface area contributed by atoms with E-state index in [-0.39, 0.29) is 17.5 Å². The van der Waals surface area contributed by atoms with Crippen molar-refractivity contribution in [3.63, 3.8) is 0 Å². The van der Waals surface area contributed by atoms with Crippen molar-refractivity contribution in [2.24, 2.45) is 11.1 Å². The van der Waals surface area contributed by atoms with E-state index in [0.29, 0.717) is 0 Å². The van der Waals surface area contributed by atoms with Crippen molar-refractivity contribution in [2.45, 2.75) is 46.0 Å². The Balaban J connectivity index is 3.10. The molecule has 0 amide bonds. The molecule has 0 bridgehead atoms. The standard InChI is InChI=1S/C11H18F3N3/c1-7(15)9(10(2,3)4)17-6-5-8(16-17)11(12,13)14/h5-7,9H,15H2,1-4H3. The monoisotopic (exact) mass is 249 g/mol. The summed E-state index contributed by atoms with van der Waals surface area (Å²) in [5.41, 5.74) is 4.69. The van der Waals surface area contributed by atoms with Crippen LogP contribution in [0, 0.1) is 5.41 Å². The highest BCUT2D eigenvalue weighted by Gasteiger charge is 2.36. The van der Waals surface area contributed by atoms with Gasteiger partial charge in [-0.2, -0.15) is 18.3 Å². The first kappa shape index (κ1) is 14.0. The van der Waals surface area contributed by atoms with Crippen molar-refractivity contribution in [3.05, 3.63) is 18.0 Å². The Kier molecular flexibility index (Phi) is 3.57. The number of alkyl halides is 3. The summed E-state index contributed by atoms with van der Waals surface area (Å²) in [7, 11) is 0. The van der Waals surface area contributed by atoms with E-state index in [1.54, 1.807) is 6.92 Å². The van der Waals surface area contributed by atoms with Crippen molar-refractivity contribution in [1.82, 2.24) is 9.78 Å². The summed E-state index contributed by atoms with van der Waals surface area (Å²) in [6, 6.07) is 0.413. The predicted octanol–water partition coefficient (Wildman–Crippen LogP) is 2.84. The Labute approximate surface area is 98.8 Å². The summed E-state index contributed by atoms with van der Waals surface area (Å²) in [6.45, 7) is 7.55. The molecule has 2 atom stereocenters. The fourth-order valence-corrected chi connectivity index (χ4v) is 2.07. The van der Waals surface area contributed by atoms with Crippen LogP contribution in [0.3, 0.4) is 0 Å². The van der Waals surface area contributed by atoms with Gasteiger partial charge in [-0.1, -0.05) is 20.8 Å². The van der Waals surface area contributed by atoms with Crippen LogP contribution in [0.1, 0.15) is 39.4 Å². The van der Waals surface area contributed by atoms with E-state index in [1.165, 1.54) is 10.9 Å². The highest BCUT2D eigenvalue weighted by molar-refractivity contribution is 5.05. The molecule has 1 aromatic rings. The largest absolute Gasteiger partial charge is 0.435 e. The van der Waals surface area contributed by atoms with Gasteiger partial charge in [0, 0.05) is 12.2 Å². The Bertz CT molecular complexity index is 374. The molecule has 1 aromatic heterocycles. The number of nitrogens with zero attached hydrogens (tertiary/aromatic N) is 2. The van der Waals surface area contributed by atoms with Gasteiger partial charge >= 0.3 is 6.18 Å². The Hall–Kier alpha value is -1.04. The van der Waals surface area contributed by atoms with Gasteiger partial charge in [0.25, 0.3) is 0 Å². The molecular weight excluding hydrogens is 231 g/mol. The molecule has 0 saturated heterocycles. The molecule has 2 unspecified atom stereocenters. The van der Waals surface area contributed by atoms with Gasteiger partial charge in [-0.15, -0.1) is 0 Å². The van der Waals surface area contributed by atoms with Crippen LogP contribution in [-0.2, 0) is 6.18 Å². The minimum absolute atomic E-state index is 0.261. The number of rotatable bonds is 2. The molecule has 0 radical (unpaired) electrons. The molecule has 0 aromatic carbocycles. The third-order valence-corrected chi connectivity index (χ3v) is 2.57. The lowest BCUT2D eigenvalue weighted by atomic mass is 9.83. The zero-order valence-electron chi connectivity index (χ0n) is 10.4. The van der Waals surface area contributed by atoms with Crippen LogP contribution >= 0.6 is 0 Å². The van der Waals surface area contributed by atoms with Gasteiger partial charge in [0.05, 0.1) is 6.04 Å². The van der Waals surface area contributed by atoms with Crippen LogP contribution < -0.4 is 5.73 Å². The van der Waals surface area contributed by atoms with Gasteiger partial charge in [0.2, 0.25) is 0 Å². The fourth-order valence-electron chi connectivity index (χ4n) is 2.07. The van der Waals surface area contributed by atoms with Crippen molar-refractivity contribution in [1.29, 1.82) is 0 Å². The first-order valence-corrected chi connectivity index (χ1v) is 5.41. The van der Waals surface area contributed by atoms with Crippen LogP contribution in [0.2, 0.25) is 0 Å². The topological polar surface area (TPSA) is 43.8 Å². The second-order valence-electron chi connectivity index (χ2n) is 5.35. The zero-order chi connectivity index (χ0) is 13.4. The highest BCUT2D eigenvalue weighted by Crippen LogP contribution is 2.34. The molecule has 6 heteroatoms. The van der Waals surface area contributed by atoms with Crippen molar-refractivity contribution in [3.8, 4) is 0 Å². The molecule has 0 aliphatic rings. The van der Waals surface area contributed by atoms with Gasteiger partial charge in [-0.25, -0.2) is 0 Å². The smallest absolute Gasteiger partial charge is 0.326 e. The maximum absolute atomic E-state index is 12.5. The predicted molar refractivity (Wildman–Crippen MR) is 59.4 cm³/mol. The second-order valence-corrected chi connectivity index (χ2v) is 5.35. The van der Waals surface area contributed by atoms with E-state index in [4.69, 9.17) is 5.73 Å². The van der Waals surface area contributed by atoms with E-state index in [2.05, 4.69) is 5.10 Å². The maximum atomic E-state index is 12.5. The molecule has 3 nitrogen and oxygen atoms in total. The average Bonchev–Trinajstić information content (AvgIpc) is 2.47. The molecule has 0 spiro atoms. The Morgan fingerprint density at radius 2 is 1.82 bits per heavy atom. The molecular formula is C11H18F3N3. The van der Waals surface area contributed by atoms with E-state index >= 15 is 0 Å². The van der Waals surface area contributed by atoms with E-state index in [0.717, 1.165) is 6.07 Å².